The molecule has 21 heavy (non-hydrogen) atoms. The quantitative estimate of drug-likeness (QED) is 0.844. The lowest BCUT2D eigenvalue weighted by Gasteiger charge is -2.31. The summed E-state index contributed by atoms with van der Waals surface area (Å²) in [5.74, 6) is 1.63. The minimum atomic E-state index is 0.437. The molecule has 0 amide bonds. The summed E-state index contributed by atoms with van der Waals surface area (Å²) in [4.78, 5) is 4.21. The Morgan fingerprint density at radius 3 is 2.86 bits per heavy atom. The molecule has 112 valence electrons. The van der Waals surface area contributed by atoms with Gasteiger partial charge in [0, 0.05) is 24.0 Å². The number of aromatic amines is 1. The summed E-state index contributed by atoms with van der Waals surface area (Å²) in [7, 11) is 0. The van der Waals surface area contributed by atoms with E-state index in [-0.39, 0.29) is 0 Å². The van der Waals surface area contributed by atoms with Gasteiger partial charge < -0.3 is 0 Å². The van der Waals surface area contributed by atoms with Crippen LogP contribution in [-0.4, -0.2) is 19.7 Å². The molecule has 1 fully saturated rings. The van der Waals surface area contributed by atoms with Gasteiger partial charge in [0.25, 0.3) is 0 Å². The molecule has 1 N–H and O–H groups in total. The van der Waals surface area contributed by atoms with Crippen LogP contribution in [0, 0.1) is 10.7 Å². The fourth-order valence-electron chi connectivity index (χ4n) is 3.56. The highest BCUT2D eigenvalue weighted by molar-refractivity contribution is 7.71. The minimum absolute atomic E-state index is 0.437. The van der Waals surface area contributed by atoms with Crippen LogP contribution in [0.5, 0.6) is 0 Å². The van der Waals surface area contributed by atoms with Crippen molar-refractivity contribution in [3.63, 3.8) is 0 Å². The Kier molecular flexibility index (Phi) is 4.48. The molecule has 4 nitrogen and oxygen atoms in total. The van der Waals surface area contributed by atoms with Crippen LogP contribution in [0.15, 0.2) is 24.5 Å². The number of hydrogen-bond acceptors (Lipinski definition) is 3. The monoisotopic (exact) mass is 302 g/mol. The number of hydrogen-bond donors (Lipinski definition) is 1. The van der Waals surface area contributed by atoms with Crippen molar-refractivity contribution < 1.29 is 0 Å². The molecule has 0 aromatic carbocycles. The van der Waals surface area contributed by atoms with Gasteiger partial charge in [-0.15, -0.1) is 0 Å². The van der Waals surface area contributed by atoms with E-state index in [2.05, 4.69) is 26.7 Å². The Morgan fingerprint density at radius 1 is 1.38 bits per heavy atom. The van der Waals surface area contributed by atoms with Crippen molar-refractivity contribution in [2.75, 3.05) is 0 Å². The SMILES string of the molecule is CCC(C1CCCCC1)n1c(-c2cccnc2)n[nH]c1=S. The largest absolute Gasteiger partial charge is 0.297 e. The maximum absolute atomic E-state index is 5.51. The molecule has 2 aromatic rings. The molecule has 3 rings (SSSR count). The van der Waals surface area contributed by atoms with E-state index in [1.807, 2.05) is 18.3 Å². The zero-order valence-corrected chi connectivity index (χ0v) is 13.3. The first-order valence-corrected chi connectivity index (χ1v) is 8.29. The van der Waals surface area contributed by atoms with Crippen molar-refractivity contribution in [1.82, 2.24) is 19.7 Å². The highest BCUT2D eigenvalue weighted by Crippen LogP contribution is 2.36. The fourth-order valence-corrected chi connectivity index (χ4v) is 3.82. The third kappa shape index (κ3) is 2.93. The molecular formula is C16H22N4S. The van der Waals surface area contributed by atoms with Gasteiger partial charge in [0.1, 0.15) is 0 Å². The van der Waals surface area contributed by atoms with Crippen LogP contribution in [0.1, 0.15) is 51.5 Å². The molecule has 1 saturated carbocycles. The second-order valence-electron chi connectivity index (χ2n) is 5.84. The van der Waals surface area contributed by atoms with Gasteiger partial charge in [0.2, 0.25) is 0 Å². The number of aromatic nitrogens is 4. The summed E-state index contributed by atoms with van der Waals surface area (Å²) in [5, 5.41) is 7.43. The van der Waals surface area contributed by atoms with E-state index in [1.54, 1.807) is 6.20 Å². The molecule has 2 heterocycles. The highest BCUT2D eigenvalue weighted by Gasteiger charge is 2.26. The van der Waals surface area contributed by atoms with Gasteiger partial charge in [-0.1, -0.05) is 26.2 Å². The van der Waals surface area contributed by atoms with E-state index in [0.29, 0.717) is 12.0 Å². The van der Waals surface area contributed by atoms with Crippen LogP contribution < -0.4 is 0 Å². The van der Waals surface area contributed by atoms with Crippen molar-refractivity contribution in [2.24, 2.45) is 5.92 Å². The van der Waals surface area contributed by atoms with Crippen molar-refractivity contribution in [3.8, 4) is 11.4 Å². The van der Waals surface area contributed by atoms with Gasteiger partial charge in [-0.25, -0.2) is 0 Å². The molecular weight excluding hydrogens is 280 g/mol. The zero-order valence-electron chi connectivity index (χ0n) is 12.5. The van der Waals surface area contributed by atoms with Crippen molar-refractivity contribution >= 4 is 12.2 Å². The van der Waals surface area contributed by atoms with Crippen LogP contribution in [0.4, 0.5) is 0 Å². The van der Waals surface area contributed by atoms with Crippen LogP contribution >= 0.6 is 12.2 Å². The standard InChI is InChI=1S/C16H22N4S/c1-2-14(12-7-4-3-5-8-12)20-15(18-19-16(20)21)13-9-6-10-17-11-13/h6,9-12,14H,2-5,7-8H2,1H3,(H,19,21). The highest BCUT2D eigenvalue weighted by atomic mass is 32.1. The Labute approximate surface area is 130 Å². The van der Waals surface area contributed by atoms with Crippen LogP contribution in [0.25, 0.3) is 11.4 Å². The molecule has 2 aromatic heterocycles. The Morgan fingerprint density at radius 2 is 2.19 bits per heavy atom. The zero-order chi connectivity index (χ0) is 14.7. The number of nitrogens with zero attached hydrogens (tertiary/aromatic N) is 3. The van der Waals surface area contributed by atoms with E-state index >= 15 is 0 Å². The summed E-state index contributed by atoms with van der Waals surface area (Å²) < 4.78 is 2.95. The Bertz CT molecular complexity index is 625. The number of rotatable bonds is 4. The van der Waals surface area contributed by atoms with Crippen molar-refractivity contribution in [1.29, 1.82) is 0 Å². The van der Waals surface area contributed by atoms with Gasteiger partial charge in [0.05, 0.1) is 0 Å². The van der Waals surface area contributed by atoms with Gasteiger partial charge >= 0.3 is 0 Å². The Balaban J connectivity index is 2.00. The molecule has 1 atom stereocenters. The molecule has 5 heteroatoms. The van der Waals surface area contributed by atoms with Gasteiger partial charge in [0.15, 0.2) is 10.6 Å². The van der Waals surface area contributed by atoms with E-state index < -0.39 is 0 Å². The molecule has 0 radical (unpaired) electrons. The maximum Gasteiger partial charge on any atom is 0.195 e. The average Bonchev–Trinajstić information content (AvgIpc) is 2.92. The second-order valence-corrected chi connectivity index (χ2v) is 6.22. The van der Waals surface area contributed by atoms with E-state index in [4.69, 9.17) is 12.2 Å². The van der Waals surface area contributed by atoms with Gasteiger partial charge in [-0.2, -0.15) is 5.10 Å². The lowest BCUT2D eigenvalue weighted by Crippen LogP contribution is -2.22. The third-order valence-electron chi connectivity index (χ3n) is 4.57. The van der Waals surface area contributed by atoms with Crippen molar-refractivity contribution in [2.45, 2.75) is 51.5 Å². The molecule has 0 spiro atoms. The summed E-state index contributed by atoms with van der Waals surface area (Å²) in [6.45, 7) is 2.25. The predicted octanol–water partition coefficient (Wildman–Crippen LogP) is 4.53. The topological polar surface area (TPSA) is 46.5 Å². The smallest absolute Gasteiger partial charge is 0.195 e. The fraction of sp³-hybridized carbons (Fsp3) is 0.562. The lowest BCUT2D eigenvalue weighted by molar-refractivity contribution is 0.242. The molecule has 1 aliphatic carbocycles. The lowest BCUT2D eigenvalue weighted by atomic mass is 9.82. The minimum Gasteiger partial charge on any atom is -0.297 e. The van der Waals surface area contributed by atoms with Crippen LogP contribution in [-0.2, 0) is 0 Å². The molecule has 0 bridgehead atoms. The third-order valence-corrected chi connectivity index (χ3v) is 4.86. The van der Waals surface area contributed by atoms with Gasteiger partial charge in [-0.05, 0) is 49.5 Å². The second kappa shape index (κ2) is 6.52. The number of H-pyrrole nitrogens is 1. The first kappa shape index (κ1) is 14.4. The molecule has 1 unspecified atom stereocenters. The number of pyridine rings is 1. The first-order chi connectivity index (χ1) is 10.3. The Hall–Kier alpha value is -1.49. The predicted molar refractivity (Wildman–Crippen MR) is 86.5 cm³/mol. The molecule has 1 aliphatic rings. The first-order valence-electron chi connectivity index (χ1n) is 7.88. The van der Waals surface area contributed by atoms with E-state index in [0.717, 1.165) is 22.6 Å². The van der Waals surface area contributed by atoms with E-state index in [9.17, 15) is 0 Å². The van der Waals surface area contributed by atoms with E-state index in [1.165, 1.54) is 32.1 Å². The maximum atomic E-state index is 5.51. The summed E-state index contributed by atoms with van der Waals surface area (Å²) in [6.07, 6.45) is 11.4. The average molecular weight is 302 g/mol. The molecule has 0 saturated heterocycles. The summed E-state index contributed by atoms with van der Waals surface area (Å²) in [5.41, 5.74) is 1.03. The number of nitrogens with one attached hydrogen (secondary N) is 1. The van der Waals surface area contributed by atoms with Crippen LogP contribution in [0.2, 0.25) is 0 Å². The van der Waals surface area contributed by atoms with Gasteiger partial charge in [-0.3, -0.25) is 14.6 Å². The van der Waals surface area contributed by atoms with Crippen molar-refractivity contribution in [3.05, 3.63) is 29.3 Å². The normalized spacial score (nSPS) is 17.8. The summed E-state index contributed by atoms with van der Waals surface area (Å²) in [6, 6.07) is 4.42. The van der Waals surface area contributed by atoms with Crippen LogP contribution in [0.3, 0.4) is 0 Å². The summed E-state index contributed by atoms with van der Waals surface area (Å²) >= 11 is 5.51. The molecule has 0 aliphatic heterocycles.